The summed E-state index contributed by atoms with van der Waals surface area (Å²) < 4.78 is 11.3. The summed E-state index contributed by atoms with van der Waals surface area (Å²) in [6, 6.07) is 10.6. The van der Waals surface area contributed by atoms with Gasteiger partial charge in [-0.3, -0.25) is 14.5 Å². The molecule has 3 rings (SSSR count). The van der Waals surface area contributed by atoms with Crippen LogP contribution in [-0.2, 0) is 20.9 Å². The lowest BCUT2D eigenvalue weighted by molar-refractivity contribution is -0.150. The lowest BCUT2D eigenvalue weighted by Gasteiger charge is -2.19. The van der Waals surface area contributed by atoms with Crippen molar-refractivity contribution in [3.63, 3.8) is 0 Å². The van der Waals surface area contributed by atoms with Gasteiger partial charge in [-0.1, -0.05) is 18.2 Å². The van der Waals surface area contributed by atoms with Crippen LogP contribution in [0.5, 0.6) is 5.75 Å². The minimum absolute atomic E-state index is 0.158. The Morgan fingerprint density at radius 3 is 2.48 bits per heavy atom. The number of rotatable bonds is 8. The third-order valence-corrected chi connectivity index (χ3v) is 6.19. The van der Waals surface area contributed by atoms with Crippen LogP contribution >= 0.6 is 27.7 Å². The van der Waals surface area contributed by atoms with Gasteiger partial charge in [0.15, 0.2) is 0 Å². The van der Waals surface area contributed by atoms with Gasteiger partial charge < -0.3 is 14.6 Å². The van der Waals surface area contributed by atoms with Crippen LogP contribution in [0.3, 0.4) is 0 Å². The molecule has 1 fully saturated rings. The van der Waals surface area contributed by atoms with Gasteiger partial charge in [0.2, 0.25) is 0 Å². The number of carbonyl (C=O) groups excluding carboxylic acids is 3. The fourth-order valence-electron chi connectivity index (χ4n) is 2.96. The van der Waals surface area contributed by atoms with Crippen LogP contribution < -0.4 is 4.74 Å². The summed E-state index contributed by atoms with van der Waals surface area (Å²) in [6.45, 7) is 3.50. The highest BCUT2D eigenvalue weighted by atomic mass is 79.9. The van der Waals surface area contributed by atoms with Crippen molar-refractivity contribution in [3.05, 3.63) is 68.5 Å². The highest BCUT2D eigenvalue weighted by Gasteiger charge is 2.41. The SMILES string of the molecule is CCOC(=O)[C@H](C)N1C(=O)S/C(=C/c2ccc(OCc3ccc(C(=O)O)cc3)c(Br)c2)C1=O. The molecule has 0 aliphatic carbocycles. The number of benzene rings is 2. The Bertz CT molecular complexity index is 1130. The number of imide groups is 1. The van der Waals surface area contributed by atoms with E-state index >= 15 is 0 Å². The molecule has 1 aliphatic rings. The van der Waals surface area contributed by atoms with Gasteiger partial charge in [-0.05, 0) is 83.0 Å². The number of carboxylic acid groups (broad SMARTS) is 1. The van der Waals surface area contributed by atoms with Crippen LogP contribution in [0.15, 0.2) is 51.8 Å². The van der Waals surface area contributed by atoms with E-state index in [2.05, 4.69) is 15.9 Å². The Balaban J connectivity index is 1.69. The maximum Gasteiger partial charge on any atom is 0.335 e. The van der Waals surface area contributed by atoms with Gasteiger partial charge >= 0.3 is 11.9 Å². The molecule has 10 heteroatoms. The second-order valence-corrected chi connectivity index (χ2v) is 8.81. The predicted octanol–water partition coefficient (Wildman–Crippen LogP) is 4.71. The number of hydrogen-bond acceptors (Lipinski definition) is 7. The van der Waals surface area contributed by atoms with E-state index in [9.17, 15) is 19.2 Å². The number of thioether (sulfide) groups is 1. The molecule has 33 heavy (non-hydrogen) atoms. The average molecular weight is 534 g/mol. The first-order chi connectivity index (χ1) is 15.7. The number of carboxylic acids is 1. The molecular weight excluding hydrogens is 514 g/mol. The molecule has 0 saturated carbocycles. The van der Waals surface area contributed by atoms with Gasteiger partial charge in [0.25, 0.3) is 11.1 Å². The number of halogens is 1. The van der Waals surface area contributed by atoms with Gasteiger partial charge in [-0.2, -0.15) is 0 Å². The van der Waals surface area contributed by atoms with Crippen LogP contribution in [0, 0.1) is 0 Å². The highest BCUT2D eigenvalue weighted by molar-refractivity contribution is 9.10. The van der Waals surface area contributed by atoms with Crippen LogP contribution in [0.4, 0.5) is 4.79 Å². The summed E-state index contributed by atoms with van der Waals surface area (Å²) in [7, 11) is 0. The third kappa shape index (κ3) is 5.82. The van der Waals surface area contributed by atoms with E-state index in [-0.39, 0.29) is 23.7 Å². The van der Waals surface area contributed by atoms with E-state index in [0.717, 1.165) is 22.2 Å². The lowest BCUT2D eigenvalue weighted by Crippen LogP contribution is -2.42. The van der Waals surface area contributed by atoms with Crippen molar-refractivity contribution in [2.75, 3.05) is 6.61 Å². The van der Waals surface area contributed by atoms with Gasteiger partial charge in [0.05, 0.1) is 21.5 Å². The zero-order chi connectivity index (χ0) is 24.1. The van der Waals surface area contributed by atoms with Crippen molar-refractivity contribution in [1.82, 2.24) is 4.90 Å². The van der Waals surface area contributed by atoms with Gasteiger partial charge in [-0.15, -0.1) is 0 Å². The van der Waals surface area contributed by atoms with Crippen LogP contribution in [0.25, 0.3) is 6.08 Å². The van der Waals surface area contributed by atoms with Crippen LogP contribution in [0.1, 0.15) is 35.3 Å². The Morgan fingerprint density at radius 2 is 1.88 bits per heavy atom. The average Bonchev–Trinajstić information content (AvgIpc) is 3.05. The first-order valence-electron chi connectivity index (χ1n) is 9.89. The lowest BCUT2D eigenvalue weighted by atomic mass is 10.1. The predicted molar refractivity (Wildman–Crippen MR) is 126 cm³/mol. The Kier molecular flexibility index (Phi) is 7.93. The molecule has 1 saturated heterocycles. The quantitative estimate of drug-likeness (QED) is 0.383. The van der Waals surface area contributed by atoms with Crippen molar-refractivity contribution in [2.24, 2.45) is 0 Å². The molecule has 2 amide bonds. The second-order valence-electron chi connectivity index (χ2n) is 6.96. The minimum atomic E-state index is -1.00. The molecule has 2 aromatic rings. The molecule has 8 nitrogen and oxygen atoms in total. The second kappa shape index (κ2) is 10.7. The van der Waals surface area contributed by atoms with E-state index < -0.39 is 29.1 Å². The van der Waals surface area contributed by atoms with Crippen molar-refractivity contribution in [1.29, 1.82) is 0 Å². The summed E-state index contributed by atoms with van der Waals surface area (Å²) >= 11 is 4.20. The third-order valence-electron chi connectivity index (χ3n) is 4.69. The fraction of sp³-hybridized carbons (Fsp3) is 0.217. The zero-order valence-electron chi connectivity index (χ0n) is 17.7. The summed E-state index contributed by atoms with van der Waals surface area (Å²) in [5.74, 6) is -1.62. The first kappa shape index (κ1) is 24.5. The molecule has 1 heterocycles. The Hall–Kier alpha value is -3.11. The molecular formula is C23H20BrNO7S. The van der Waals surface area contributed by atoms with E-state index in [4.69, 9.17) is 14.6 Å². The molecule has 0 radical (unpaired) electrons. The molecule has 0 aromatic heterocycles. The number of ether oxygens (including phenoxy) is 2. The number of esters is 1. The summed E-state index contributed by atoms with van der Waals surface area (Å²) in [5, 5.41) is 8.43. The highest BCUT2D eigenvalue weighted by Crippen LogP contribution is 2.35. The smallest absolute Gasteiger partial charge is 0.335 e. The molecule has 1 N–H and O–H groups in total. The fourth-order valence-corrected chi connectivity index (χ4v) is 4.38. The number of carbonyl (C=O) groups is 4. The molecule has 0 bridgehead atoms. The summed E-state index contributed by atoms with van der Waals surface area (Å²) in [6.07, 6.45) is 1.57. The van der Waals surface area contributed by atoms with Crippen molar-refractivity contribution < 1.29 is 33.8 Å². The van der Waals surface area contributed by atoms with Crippen LogP contribution in [-0.4, -0.2) is 45.7 Å². The summed E-state index contributed by atoms with van der Waals surface area (Å²) in [4.78, 5) is 48.9. The van der Waals surface area contributed by atoms with Gasteiger partial charge in [-0.25, -0.2) is 9.59 Å². The zero-order valence-corrected chi connectivity index (χ0v) is 20.1. The normalized spacial score (nSPS) is 15.6. The largest absolute Gasteiger partial charge is 0.488 e. The Labute approximate surface area is 202 Å². The van der Waals surface area contributed by atoms with E-state index in [1.807, 2.05) is 0 Å². The molecule has 1 aliphatic heterocycles. The minimum Gasteiger partial charge on any atom is -0.488 e. The number of aromatic carboxylic acids is 1. The molecule has 2 aromatic carbocycles. The maximum absolute atomic E-state index is 12.7. The van der Waals surface area contributed by atoms with E-state index in [0.29, 0.717) is 15.8 Å². The first-order valence-corrected chi connectivity index (χ1v) is 11.5. The molecule has 0 spiro atoms. The maximum atomic E-state index is 12.7. The monoisotopic (exact) mass is 533 g/mol. The van der Waals surface area contributed by atoms with Crippen molar-refractivity contribution in [2.45, 2.75) is 26.5 Å². The Morgan fingerprint density at radius 1 is 1.18 bits per heavy atom. The molecule has 0 unspecified atom stereocenters. The van der Waals surface area contributed by atoms with Crippen molar-refractivity contribution >= 4 is 56.9 Å². The summed E-state index contributed by atoms with van der Waals surface area (Å²) in [5.41, 5.74) is 1.67. The number of hydrogen-bond donors (Lipinski definition) is 1. The standard InChI is InChI=1S/C23H20BrNO7S/c1-3-31-22(29)13(2)25-20(26)19(33-23(25)30)11-15-6-9-18(17(24)10-15)32-12-14-4-7-16(8-5-14)21(27)28/h4-11,13H,3,12H2,1-2H3,(H,27,28)/b19-11+/t13-/m0/s1. The molecule has 172 valence electrons. The number of amides is 2. The number of nitrogens with zero attached hydrogens (tertiary/aromatic N) is 1. The van der Waals surface area contributed by atoms with Gasteiger partial charge in [0, 0.05) is 0 Å². The van der Waals surface area contributed by atoms with E-state index in [1.54, 1.807) is 43.3 Å². The van der Waals surface area contributed by atoms with Crippen molar-refractivity contribution in [3.8, 4) is 5.75 Å². The van der Waals surface area contributed by atoms with Crippen LogP contribution in [0.2, 0.25) is 0 Å². The topological polar surface area (TPSA) is 110 Å². The molecule has 1 atom stereocenters. The van der Waals surface area contributed by atoms with Gasteiger partial charge in [0.1, 0.15) is 18.4 Å². The van der Waals surface area contributed by atoms with E-state index in [1.165, 1.54) is 19.1 Å².